The molecule has 0 radical (unpaired) electrons. The summed E-state index contributed by atoms with van der Waals surface area (Å²) in [5.74, 6) is 7.74. The lowest BCUT2D eigenvalue weighted by atomic mass is 9.99. The Morgan fingerprint density at radius 3 is 2.83 bits per heavy atom. The molecule has 1 fully saturated rings. The lowest BCUT2D eigenvalue weighted by molar-refractivity contribution is -0.129. The van der Waals surface area contributed by atoms with Crippen LogP contribution in [-0.4, -0.2) is 44.5 Å². The molecule has 1 aromatic heterocycles. The van der Waals surface area contributed by atoms with Crippen LogP contribution in [0.3, 0.4) is 0 Å². The Bertz CT molecular complexity index is 727. The number of nitrogens with two attached hydrogens (primary N) is 1. The number of piperidine rings is 1. The molecule has 2 heterocycles. The molecule has 1 saturated heterocycles. The van der Waals surface area contributed by atoms with E-state index in [-0.39, 0.29) is 5.91 Å². The minimum absolute atomic E-state index is 0.124. The van der Waals surface area contributed by atoms with Gasteiger partial charge in [0.1, 0.15) is 0 Å². The SMILES string of the molecule is CC1CCN(C(=O)CSc2nnc(-c3cccc(Cl)c3)n2N)CC1. The highest BCUT2D eigenvalue weighted by Gasteiger charge is 2.21. The van der Waals surface area contributed by atoms with Gasteiger partial charge in [0.2, 0.25) is 11.1 Å². The molecule has 0 aliphatic carbocycles. The third-order valence-electron chi connectivity index (χ3n) is 4.21. The predicted octanol–water partition coefficient (Wildman–Crippen LogP) is 2.66. The fraction of sp³-hybridized carbons (Fsp3) is 0.438. The number of likely N-dealkylation sites (tertiary alicyclic amines) is 1. The molecule has 3 rings (SSSR count). The molecule has 1 aliphatic heterocycles. The first-order valence-corrected chi connectivity index (χ1v) is 9.28. The highest BCUT2D eigenvalue weighted by atomic mass is 35.5. The largest absolute Gasteiger partial charge is 0.342 e. The number of benzene rings is 1. The van der Waals surface area contributed by atoms with Gasteiger partial charge in [-0.15, -0.1) is 10.2 Å². The maximum absolute atomic E-state index is 12.3. The maximum atomic E-state index is 12.3. The molecule has 2 aromatic rings. The monoisotopic (exact) mass is 365 g/mol. The zero-order valence-electron chi connectivity index (χ0n) is 13.5. The van der Waals surface area contributed by atoms with Crippen molar-refractivity contribution in [2.45, 2.75) is 24.9 Å². The molecule has 0 spiro atoms. The summed E-state index contributed by atoms with van der Waals surface area (Å²) in [5, 5.41) is 9.33. The fourth-order valence-electron chi connectivity index (χ4n) is 2.68. The van der Waals surface area contributed by atoms with E-state index in [0.717, 1.165) is 31.5 Å². The molecule has 0 saturated carbocycles. The number of nitrogen functional groups attached to an aromatic ring is 1. The van der Waals surface area contributed by atoms with E-state index in [1.54, 1.807) is 12.1 Å². The number of thioether (sulfide) groups is 1. The van der Waals surface area contributed by atoms with Crippen molar-refractivity contribution in [3.05, 3.63) is 29.3 Å². The van der Waals surface area contributed by atoms with E-state index in [0.29, 0.717) is 27.7 Å². The summed E-state index contributed by atoms with van der Waals surface area (Å²) in [6.45, 7) is 3.90. The molecule has 0 atom stereocenters. The summed E-state index contributed by atoms with van der Waals surface area (Å²) >= 11 is 7.31. The second-order valence-corrected chi connectivity index (χ2v) is 7.42. The van der Waals surface area contributed by atoms with Crippen molar-refractivity contribution >= 4 is 29.3 Å². The van der Waals surface area contributed by atoms with E-state index >= 15 is 0 Å². The average molecular weight is 366 g/mol. The Labute approximate surface area is 150 Å². The van der Waals surface area contributed by atoms with Crippen LogP contribution in [-0.2, 0) is 4.79 Å². The first kappa shape index (κ1) is 17.1. The van der Waals surface area contributed by atoms with Gasteiger partial charge in [0.15, 0.2) is 5.82 Å². The van der Waals surface area contributed by atoms with Gasteiger partial charge in [-0.1, -0.05) is 42.4 Å². The summed E-state index contributed by atoms with van der Waals surface area (Å²) < 4.78 is 1.40. The Kier molecular flexibility index (Phi) is 5.30. The van der Waals surface area contributed by atoms with Gasteiger partial charge < -0.3 is 10.7 Å². The molecule has 6 nitrogen and oxygen atoms in total. The van der Waals surface area contributed by atoms with Gasteiger partial charge in [-0.05, 0) is 30.9 Å². The van der Waals surface area contributed by atoms with Crippen molar-refractivity contribution in [1.29, 1.82) is 0 Å². The second kappa shape index (κ2) is 7.44. The minimum atomic E-state index is 0.124. The molecule has 1 aliphatic rings. The smallest absolute Gasteiger partial charge is 0.233 e. The van der Waals surface area contributed by atoms with Gasteiger partial charge >= 0.3 is 0 Å². The minimum Gasteiger partial charge on any atom is -0.342 e. The van der Waals surface area contributed by atoms with Crippen LogP contribution in [0.5, 0.6) is 0 Å². The highest BCUT2D eigenvalue weighted by molar-refractivity contribution is 7.99. The van der Waals surface area contributed by atoms with Crippen LogP contribution in [0.15, 0.2) is 29.4 Å². The molecule has 0 unspecified atom stereocenters. The van der Waals surface area contributed by atoms with Crippen molar-refractivity contribution < 1.29 is 4.79 Å². The molecule has 8 heteroatoms. The summed E-state index contributed by atoms with van der Waals surface area (Å²) in [7, 11) is 0. The predicted molar refractivity (Wildman–Crippen MR) is 96.3 cm³/mol. The van der Waals surface area contributed by atoms with Gasteiger partial charge in [-0.25, -0.2) is 4.68 Å². The van der Waals surface area contributed by atoms with Crippen LogP contribution in [0, 0.1) is 5.92 Å². The van der Waals surface area contributed by atoms with Gasteiger partial charge in [-0.3, -0.25) is 4.79 Å². The van der Waals surface area contributed by atoms with E-state index in [9.17, 15) is 4.79 Å². The molecular weight excluding hydrogens is 346 g/mol. The van der Waals surface area contributed by atoms with Crippen molar-refractivity contribution in [2.75, 3.05) is 24.7 Å². The Hall–Kier alpha value is -1.73. The van der Waals surface area contributed by atoms with Gasteiger partial charge in [-0.2, -0.15) is 0 Å². The number of amides is 1. The number of halogens is 1. The zero-order valence-corrected chi connectivity index (χ0v) is 15.1. The Morgan fingerprint density at radius 2 is 2.12 bits per heavy atom. The van der Waals surface area contributed by atoms with E-state index in [2.05, 4.69) is 17.1 Å². The average Bonchev–Trinajstić information content (AvgIpc) is 2.94. The molecule has 0 bridgehead atoms. The van der Waals surface area contributed by atoms with Gasteiger partial charge in [0.05, 0.1) is 5.75 Å². The van der Waals surface area contributed by atoms with Crippen LogP contribution in [0.1, 0.15) is 19.8 Å². The van der Waals surface area contributed by atoms with Crippen molar-refractivity contribution in [3.63, 3.8) is 0 Å². The molecule has 24 heavy (non-hydrogen) atoms. The summed E-state index contributed by atoms with van der Waals surface area (Å²) in [5.41, 5.74) is 0.792. The summed E-state index contributed by atoms with van der Waals surface area (Å²) in [6.07, 6.45) is 2.14. The van der Waals surface area contributed by atoms with Crippen LogP contribution < -0.4 is 5.84 Å². The zero-order chi connectivity index (χ0) is 17.1. The number of hydrogen-bond acceptors (Lipinski definition) is 5. The van der Waals surface area contributed by atoms with Crippen molar-refractivity contribution in [1.82, 2.24) is 19.8 Å². The van der Waals surface area contributed by atoms with Crippen LogP contribution in [0.2, 0.25) is 5.02 Å². The summed E-state index contributed by atoms with van der Waals surface area (Å²) in [6, 6.07) is 7.27. The van der Waals surface area contributed by atoms with Gasteiger partial charge in [0, 0.05) is 23.7 Å². The maximum Gasteiger partial charge on any atom is 0.233 e. The molecule has 1 aromatic carbocycles. The number of carbonyl (C=O) groups is 1. The standard InChI is InChI=1S/C16H20ClN5OS/c1-11-5-7-21(8-6-11)14(23)10-24-16-20-19-15(22(16)18)12-3-2-4-13(17)9-12/h2-4,9,11H,5-8,10,18H2,1H3. The van der Waals surface area contributed by atoms with E-state index in [1.165, 1.54) is 16.4 Å². The Balaban J connectivity index is 1.63. The van der Waals surface area contributed by atoms with Crippen LogP contribution >= 0.6 is 23.4 Å². The number of rotatable bonds is 4. The van der Waals surface area contributed by atoms with Crippen molar-refractivity contribution in [2.24, 2.45) is 5.92 Å². The topological polar surface area (TPSA) is 77.0 Å². The first-order chi connectivity index (χ1) is 11.5. The second-order valence-electron chi connectivity index (χ2n) is 6.04. The number of carbonyl (C=O) groups excluding carboxylic acids is 1. The van der Waals surface area contributed by atoms with E-state index in [4.69, 9.17) is 17.4 Å². The lowest BCUT2D eigenvalue weighted by Gasteiger charge is -2.30. The number of hydrogen-bond donors (Lipinski definition) is 1. The fourth-order valence-corrected chi connectivity index (χ4v) is 3.63. The summed E-state index contributed by atoms with van der Waals surface area (Å²) in [4.78, 5) is 14.2. The van der Waals surface area contributed by atoms with Crippen LogP contribution in [0.25, 0.3) is 11.4 Å². The van der Waals surface area contributed by atoms with E-state index in [1.807, 2.05) is 17.0 Å². The lowest BCUT2D eigenvalue weighted by Crippen LogP contribution is -2.39. The van der Waals surface area contributed by atoms with Gasteiger partial charge in [0.25, 0.3) is 0 Å². The third-order valence-corrected chi connectivity index (χ3v) is 5.37. The number of aromatic nitrogens is 3. The third kappa shape index (κ3) is 3.84. The normalized spacial score (nSPS) is 15.7. The highest BCUT2D eigenvalue weighted by Crippen LogP contribution is 2.24. The first-order valence-electron chi connectivity index (χ1n) is 7.91. The molecule has 1 amide bonds. The molecule has 2 N–H and O–H groups in total. The molecule has 128 valence electrons. The quantitative estimate of drug-likeness (QED) is 0.665. The van der Waals surface area contributed by atoms with E-state index < -0.39 is 0 Å². The van der Waals surface area contributed by atoms with Crippen LogP contribution in [0.4, 0.5) is 0 Å². The number of nitrogens with zero attached hydrogens (tertiary/aromatic N) is 4. The van der Waals surface area contributed by atoms with Crippen molar-refractivity contribution in [3.8, 4) is 11.4 Å². The Morgan fingerprint density at radius 1 is 1.38 bits per heavy atom. The molecular formula is C16H20ClN5OS.